The van der Waals surface area contributed by atoms with E-state index in [0.717, 1.165) is 6.61 Å². The van der Waals surface area contributed by atoms with Gasteiger partial charge < -0.3 is 9.47 Å². The fraction of sp³-hybridized carbons (Fsp3) is 0.333. The molecule has 1 atom stereocenters. The minimum Gasteiger partial charge on any atom is -0.373 e. The van der Waals surface area contributed by atoms with E-state index in [1.165, 1.54) is 5.56 Å². The average Bonchev–Trinajstić information content (AvgIpc) is 3.03. The zero-order valence-electron chi connectivity index (χ0n) is 8.06. The standard InChI is InChI=1S/C12H14O2/c1-2-5-11(6-3-1)9-13-8-4-7-12-10-14-12/h1-7,12H,8-10H2/b7-4+. The Morgan fingerprint density at radius 3 is 2.86 bits per heavy atom. The van der Waals surface area contributed by atoms with Crippen LogP contribution in [0, 0.1) is 0 Å². The summed E-state index contributed by atoms with van der Waals surface area (Å²) in [6, 6.07) is 10.2. The fourth-order valence-electron chi connectivity index (χ4n) is 1.19. The van der Waals surface area contributed by atoms with Crippen molar-refractivity contribution in [1.29, 1.82) is 0 Å². The van der Waals surface area contributed by atoms with Crippen molar-refractivity contribution in [3.8, 4) is 0 Å². The molecular weight excluding hydrogens is 176 g/mol. The molecule has 74 valence electrons. The Morgan fingerprint density at radius 1 is 1.36 bits per heavy atom. The molecule has 14 heavy (non-hydrogen) atoms. The summed E-state index contributed by atoms with van der Waals surface area (Å²) in [6.45, 7) is 2.21. The largest absolute Gasteiger partial charge is 0.373 e. The highest BCUT2D eigenvalue weighted by Gasteiger charge is 2.17. The van der Waals surface area contributed by atoms with Crippen LogP contribution in [0.3, 0.4) is 0 Å². The zero-order chi connectivity index (χ0) is 9.64. The second-order valence-electron chi connectivity index (χ2n) is 3.30. The van der Waals surface area contributed by atoms with E-state index >= 15 is 0 Å². The van der Waals surface area contributed by atoms with E-state index in [0.29, 0.717) is 19.3 Å². The van der Waals surface area contributed by atoms with Crippen LogP contribution in [-0.4, -0.2) is 19.3 Å². The van der Waals surface area contributed by atoms with Gasteiger partial charge in [-0.3, -0.25) is 0 Å². The number of hydrogen-bond donors (Lipinski definition) is 0. The molecule has 1 aliphatic rings. The van der Waals surface area contributed by atoms with Gasteiger partial charge in [0.15, 0.2) is 0 Å². The summed E-state index contributed by atoms with van der Waals surface area (Å²) < 4.78 is 10.5. The number of rotatable bonds is 5. The van der Waals surface area contributed by atoms with Crippen LogP contribution >= 0.6 is 0 Å². The number of epoxide rings is 1. The lowest BCUT2D eigenvalue weighted by atomic mass is 10.2. The molecule has 1 saturated heterocycles. The summed E-state index contributed by atoms with van der Waals surface area (Å²) >= 11 is 0. The van der Waals surface area contributed by atoms with Gasteiger partial charge in [0.1, 0.15) is 0 Å². The van der Waals surface area contributed by atoms with Gasteiger partial charge in [-0.1, -0.05) is 42.5 Å². The molecule has 0 aliphatic carbocycles. The zero-order valence-corrected chi connectivity index (χ0v) is 8.06. The molecule has 0 bridgehead atoms. The molecule has 1 heterocycles. The molecular formula is C12H14O2. The minimum absolute atomic E-state index is 0.357. The van der Waals surface area contributed by atoms with Gasteiger partial charge in [0.25, 0.3) is 0 Å². The second-order valence-corrected chi connectivity index (χ2v) is 3.30. The van der Waals surface area contributed by atoms with Crippen molar-refractivity contribution in [2.24, 2.45) is 0 Å². The monoisotopic (exact) mass is 190 g/mol. The SMILES string of the molecule is C(=C\C1CO1)/COCc1ccccc1. The Kier molecular flexibility index (Phi) is 3.33. The third-order valence-electron chi connectivity index (χ3n) is 2.04. The predicted octanol–water partition coefficient (Wildman–Crippen LogP) is 2.16. The van der Waals surface area contributed by atoms with Crippen LogP contribution in [0.2, 0.25) is 0 Å². The summed E-state index contributed by atoms with van der Waals surface area (Å²) in [4.78, 5) is 0. The quantitative estimate of drug-likeness (QED) is 0.403. The van der Waals surface area contributed by atoms with Crippen molar-refractivity contribution in [2.45, 2.75) is 12.7 Å². The van der Waals surface area contributed by atoms with Crippen molar-refractivity contribution >= 4 is 0 Å². The third-order valence-corrected chi connectivity index (χ3v) is 2.04. The smallest absolute Gasteiger partial charge is 0.0991 e. The van der Waals surface area contributed by atoms with E-state index in [-0.39, 0.29) is 0 Å². The second kappa shape index (κ2) is 4.94. The molecule has 1 fully saturated rings. The molecule has 2 rings (SSSR count). The molecule has 0 aromatic heterocycles. The van der Waals surface area contributed by atoms with E-state index in [1.807, 2.05) is 30.4 Å². The molecule has 1 aliphatic heterocycles. The molecule has 0 radical (unpaired) electrons. The highest BCUT2D eigenvalue weighted by Crippen LogP contribution is 2.09. The van der Waals surface area contributed by atoms with Crippen LogP contribution in [0.4, 0.5) is 0 Å². The van der Waals surface area contributed by atoms with E-state index in [9.17, 15) is 0 Å². The highest BCUT2D eigenvalue weighted by molar-refractivity contribution is 5.13. The lowest BCUT2D eigenvalue weighted by molar-refractivity contribution is 0.148. The van der Waals surface area contributed by atoms with Gasteiger partial charge in [-0.05, 0) is 5.56 Å². The van der Waals surface area contributed by atoms with Crippen LogP contribution in [0.25, 0.3) is 0 Å². The van der Waals surface area contributed by atoms with Crippen LogP contribution in [-0.2, 0) is 16.1 Å². The van der Waals surface area contributed by atoms with Crippen molar-refractivity contribution in [3.05, 3.63) is 48.0 Å². The maximum Gasteiger partial charge on any atom is 0.0991 e. The van der Waals surface area contributed by atoms with Gasteiger partial charge in [0.2, 0.25) is 0 Å². The van der Waals surface area contributed by atoms with Crippen LogP contribution in [0.15, 0.2) is 42.5 Å². The third kappa shape index (κ3) is 3.32. The molecule has 0 N–H and O–H groups in total. The summed E-state index contributed by atoms with van der Waals surface area (Å²) in [6.07, 6.45) is 4.42. The number of hydrogen-bond acceptors (Lipinski definition) is 2. The Morgan fingerprint density at radius 2 is 2.14 bits per heavy atom. The van der Waals surface area contributed by atoms with Gasteiger partial charge in [-0.25, -0.2) is 0 Å². The summed E-state index contributed by atoms with van der Waals surface area (Å²) in [7, 11) is 0. The molecule has 0 saturated carbocycles. The molecule has 1 aromatic rings. The first-order valence-corrected chi connectivity index (χ1v) is 4.85. The maximum absolute atomic E-state index is 5.46. The van der Waals surface area contributed by atoms with E-state index in [4.69, 9.17) is 9.47 Å². The van der Waals surface area contributed by atoms with Gasteiger partial charge in [-0.15, -0.1) is 0 Å². The fourth-order valence-corrected chi connectivity index (χ4v) is 1.19. The maximum atomic E-state index is 5.46. The van der Waals surface area contributed by atoms with Crippen molar-refractivity contribution < 1.29 is 9.47 Å². The van der Waals surface area contributed by atoms with Crippen molar-refractivity contribution in [1.82, 2.24) is 0 Å². The molecule has 2 nitrogen and oxygen atoms in total. The normalized spacial score (nSPS) is 20.1. The van der Waals surface area contributed by atoms with E-state index in [2.05, 4.69) is 12.1 Å². The summed E-state index contributed by atoms with van der Waals surface area (Å²) in [5.74, 6) is 0. The van der Waals surface area contributed by atoms with Crippen LogP contribution in [0.1, 0.15) is 5.56 Å². The highest BCUT2D eigenvalue weighted by atomic mass is 16.6. The van der Waals surface area contributed by atoms with Gasteiger partial charge in [0.05, 0.1) is 25.9 Å². The first-order chi connectivity index (χ1) is 6.95. The molecule has 1 aromatic carbocycles. The average molecular weight is 190 g/mol. The Bertz CT molecular complexity index is 288. The van der Waals surface area contributed by atoms with E-state index in [1.54, 1.807) is 0 Å². The van der Waals surface area contributed by atoms with E-state index < -0.39 is 0 Å². The Balaban J connectivity index is 1.62. The Labute approximate surface area is 84.2 Å². The van der Waals surface area contributed by atoms with Crippen LogP contribution < -0.4 is 0 Å². The predicted molar refractivity (Wildman–Crippen MR) is 55.0 cm³/mol. The van der Waals surface area contributed by atoms with Crippen molar-refractivity contribution in [3.63, 3.8) is 0 Å². The first kappa shape index (κ1) is 9.44. The van der Waals surface area contributed by atoms with Crippen LogP contribution in [0.5, 0.6) is 0 Å². The van der Waals surface area contributed by atoms with Gasteiger partial charge in [0, 0.05) is 0 Å². The molecule has 0 amide bonds. The lowest BCUT2D eigenvalue weighted by Crippen LogP contribution is -1.92. The minimum atomic E-state index is 0.357. The first-order valence-electron chi connectivity index (χ1n) is 4.85. The lowest BCUT2D eigenvalue weighted by Gasteiger charge is -2.00. The molecule has 0 spiro atoms. The number of benzene rings is 1. The topological polar surface area (TPSA) is 21.8 Å². The van der Waals surface area contributed by atoms with Gasteiger partial charge >= 0.3 is 0 Å². The van der Waals surface area contributed by atoms with Gasteiger partial charge in [-0.2, -0.15) is 0 Å². The van der Waals surface area contributed by atoms with Crippen molar-refractivity contribution in [2.75, 3.05) is 13.2 Å². The summed E-state index contributed by atoms with van der Waals surface area (Å²) in [5.41, 5.74) is 1.21. The molecule has 1 unspecified atom stereocenters. The summed E-state index contributed by atoms with van der Waals surface area (Å²) in [5, 5.41) is 0. The Hall–Kier alpha value is -1.12. The molecule has 2 heteroatoms. The number of ether oxygens (including phenoxy) is 2.